The topological polar surface area (TPSA) is 86.8 Å². The Morgan fingerprint density at radius 2 is 1.52 bits per heavy atom. The molecule has 0 saturated heterocycles. The van der Waals surface area contributed by atoms with Crippen LogP contribution in [0.4, 0.5) is 0 Å². The van der Waals surface area contributed by atoms with E-state index in [0.29, 0.717) is 24.1 Å². The summed E-state index contributed by atoms with van der Waals surface area (Å²) in [5.74, 6) is -1.07. The van der Waals surface area contributed by atoms with Gasteiger partial charge in [-0.15, -0.1) is 0 Å². The van der Waals surface area contributed by atoms with Gasteiger partial charge < -0.3 is 10.2 Å². The Balaban J connectivity index is 1.66. The molecule has 4 amide bonds. The third-order valence-corrected chi connectivity index (χ3v) is 5.72. The van der Waals surface area contributed by atoms with Crippen molar-refractivity contribution in [3.63, 3.8) is 0 Å². The van der Waals surface area contributed by atoms with E-state index < -0.39 is 6.04 Å². The van der Waals surface area contributed by atoms with Crippen LogP contribution in [0.3, 0.4) is 0 Å². The van der Waals surface area contributed by atoms with Gasteiger partial charge in [-0.25, -0.2) is 0 Å². The van der Waals surface area contributed by atoms with Crippen molar-refractivity contribution in [2.24, 2.45) is 0 Å². The first kappa shape index (κ1) is 24.2. The van der Waals surface area contributed by atoms with Crippen LogP contribution < -0.4 is 5.32 Å². The van der Waals surface area contributed by atoms with Crippen LogP contribution in [0.25, 0.3) is 0 Å². The number of rotatable bonds is 9. The maximum absolute atomic E-state index is 13.2. The molecule has 7 heteroatoms. The normalized spacial score (nSPS) is 13.8. The number of hydrogen-bond donors (Lipinski definition) is 1. The van der Waals surface area contributed by atoms with E-state index in [1.165, 1.54) is 4.90 Å². The summed E-state index contributed by atoms with van der Waals surface area (Å²) >= 11 is 0. The molecule has 1 atom stereocenters. The van der Waals surface area contributed by atoms with Crippen molar-refractivity contribution in [3.8, 4) is 0 Å². The molecular weight excluding hydrogens is 418 g/mol. The number of hydrogen-bond acceptors (Lipinski definition) is 4. The van der Waals surface area contributed by atoms with E-state index in [4.69, 9.17) is 0 Å². The van der Waals surface area contributed by atoms with Crippen LogP contribution in [0.15, 0.2) is 48.5 Å². The molecule has 0 aromatic heterocycles. The van der Waals surface area contributed by atoms with Gasteiger partial charge in [-0.05, 0) is 51.8 Å². The quantitative estimate of drug-likeness (QED) is 0.595. The summed E-state index contributed by atoms with van der Waals surface area (Å²) < 4.78 is 0. The smallest absolute Gasteiger partial charge is 0.261 e. The second kappa shape index (κ2) is 10.4. The molecule has 1 N–H and O–H groups in total. The van der Waals surface area contributed by atoms with Gasteiger partial charge in [0.1, 0.15) is 6.04 Å². The van der Waals surface area contributed by atoms with Gasteiger partial charge in [0.2, 0.25) is 11.8 Å². The number of imide groups is 1. The minimum Gasteiger partial charge on any atom is -0.352 e. The molecule has 0 radical (unpaired) electrons. The van der Waals surface area contributed by atoms with Gasteiger partial charge in [0.25, 0.3) is 11.8 Å². The highest BCUT2D eigenvalue weighted by Gasteiger charge is 2.35. The highest BCUT2D eigenvalue weighted by molar-refractivity contribution is 6.21. The van der Waals surface area contributed by atoms with Crippen molar-refractivity contribution in [2.45, 2.75) is 59.2 Å². The van der Waals surface area contributed by atoms with Crippen molar-refractivity contribution in [3.05, 3.63) is 70.8 Å². The van der Waals surface area contributed by atoms with Crippen LogP contribution in [0.2, 0.25) is 0 Å². The fraction of sp³-hybridized carbons (Fsp3) is 0.385. The zero-order chi connectivity index (χ0) is 24.1. The lowest BCUT2D eigenvalue weighted by atomic mass is 10.1. The number of carbonyl (C=O) groups excluding carboxylic acids is 4. The first-order chi connectivity index (χ1) is 15.7. The van der Waals surface area contributed by atoms with Gasteiger partial charge in [0.05, 0.1) is 11.1 Å². The van der Waals surface area contributed by atoms with Gasteiger partial charge in [0, 0.05) is 25.6 Å². The van der Waals surface area contributed by atoms with Crippen molar-refractivity contribution in [2.75, 3.05) is 6.54 Å². The van der Waals surface area contributed by atoms with Crippen molar-refractivity contribution in [1.82, 2.24) is 15.1 Å². The first-order valence-corrected chi connectivity index (χ1v) is 11.3. The number of fused-ring (bicyclic) bond motifs is 1. The minimum absolute atomic E-state index is 0.0369. The Morgan fingerprint density at radius 3 is 2.06 bits per heavy atom. The van der Waals surface area contributed by atoms with Gasteiger partial charge in [-0.1, -0.05) is 42.0 Å². The van der Waals surface area contributed by atoms with Crippen LogP contribution in [-0.4, -0.2) is 52.1 Å². The maximum atomic E-state index is 13.2. The molecule has 0 fully saturated rings. The Kier molecular flexibility index (Phi) is 7.63. The highest BCUT2D eigenvalue weighted by atomic mass is 16.2. The summed E-state index contributed by atoms with van der Waals surface area (Å²) in [4.78, 5) is 53.6. The lowest BCUT2D eigenvalue weighted by molar-refractivity contribution is -0.140. The van der Waals surface area contributed by atoms with Crippen LogP contribution in [0.1, 0.15) is 65.5 Å². The van der Waals surface area contributed by atoms with E-state index >= 15 is 0 Å². The second-order valence-corrected chi connectivity index (χ2v) is 8.76. The predicted molar refractivity (Wildman–Crippen MR) is 126 cm³/mol. The third-order valence-electron chi connectivity index (χ3n) is 5.72. The predicted octanol–water partition coefficient (Wildman–Crippen LogP) is 3.31. The molecule has 0 saturated carbocycles. The fourth-order valence-corrected chi connectivity index (χ4v) is 3.85. The number of carbonyl (C=O) groups is 4. The van der Waals surface area contributed by atoms with E-state index in [1.807, 2.05) is 45.0 Å². The van der Waals surface area contributed by atoms with Crippen molar-refractivity contribution >= 4 is 23.6 Å². The summed E-state index contributed by atoms with van der Waals surface area (Å²) in [6.07, 6.45) is 0.450. The minimum atomic E-state index is -0.652. The summed E-state index contributed by atoms with van der Waals surface area (Å²) in [5, 5.41) is 2.86. The number of nitrogens with zero attached hydrogens (tertiary/aromatic N) is 2. The van der Waals surface area contributed by atoms with Crippen LogP contribution >= 0.6 is 0 Å². The summed E-state index contributed by atoms with van der Waals surface area (Å²) in [6.45, 7) is 7.91. The maximum Gasteiger partial charge on any atom is 0.261 e. The van der Waals surface area contributed by atoms with E-state index in [1.54, 1.807) is 36.1 Å². The monoisotopic (exact) mass is 449 g/mol. The standard InChI is InChI=1S/C26H31N3O4/c1-17(2)27-24(31)19(4)29(16-20-13-11-18(3)12-14-20)23(30)10-7-15-28-25(32)21-8-5-6-9-22(21)26(28)33/h5-6,8-9,11-14,17,19H,7,10,15-16H2,1-4H3,(H,27,31)/t19-/m1/s1. The Labute approximate surface area is 194 Å². The van der Waals surface area contributed by atoms with E-state index in [9.17, 15) is 19.2 Å². The number of aryl methyl sites for hydroxylation is 1. The van der Waals surface area contributed by atoms with E-state index in [2.05, 4.69) is 5.32 Å². The molecule has 33 heavy (non-hydrogen) atoms. The van der Waals surface area contributed by atoms with Crippen LogP contribution in [0, 0.1) is 6.92 Å². The molecule has 2 aromatic rings. The second-order valence-electron chi connectivity index (χ2n) is 8.76. The fourth-order valence-electron chi connectivity index (χ4n) is 3.85. The van der Waals surface area contributed by atoms with Gasteiger partial charge in [-0.3, -0.25) is 24.1 Å². The number of amides is 4. The molecule has 2 aromatic carbocycles. The Bertz CT molecular complexity index is 1010. The van der Waals surface area contributed by atoms with Crippen molar-refractivity contribution < 1.29 is 19.2 Å². The molecule has 1 aliphatic heterocycles. The zero-order valence-corrected chi connectivity index (χ0v) is 19.6. The van der Waals surface area contributed by atoms with Gasteiger partial charge in [0.15, 0.2) is 0 Å². The number of benzene rings is 2. The molecule has 1 aliphatic rings. The van der Waals surface area contributed by atoms with Gasteiger partial charge in [-0.2, -0.15) is 0 Å². The average molecular weight is 450 g/mol. The zero-order valence-electron chi connectivity index (χ0n) is 19.6. The lowest BCUT2D eigenvalue weighted by Crippen LogP contribution is -2.49. The summed E-state index contributed by atoms with van der Waals surface area (Å²) in [7, 11) is 0. The van der Waals surface area contributed by atoms with Crippen LogP contribution in [-0.2, 0) is 16.1 Å². The molecule has 7 nitrogen and oxygen atoms in total. The Morgan fingerprint density at radius 1 is 0.939 bits per heavy atom. The molecule has 174 valence electrons. The highest BCUT2D eigenvalue weighted by Crippen LogP contribution is 2.23. The number of nitrogens with one attached hydrogen (secondary N) is 1. The van der Waals surface area contributed by atoms with E-state index in [-0.39, 0.29) is 42.6 Å². The van der Waals surface area contributed by atoms with Gasteiger partial charge >= 0.3 is 0 Å². The summed E-state index contributed by atoms with van der Waals surface area (Å²) in [5.41, 5.74) is 2.84. The molecule has 1 heterocycles. The average Bonchev–Trinajstić information content (AvgIpc) is 3.02. The van der Waals surface area contributed by atoms with E-state index in [0.717, 1.165) is 11.1 Å². The molecule has 0 spiro atoms. The third kappa shape index (κ3) is 5.66. The summed E-state index contributed by atoms with van der Waals surface area (Å²) in [6, 6.07) is 13.9. The molecule has 0 aliphatic carbocycles. The van der Waals surface area contributed by atoms with Crippen LogP contribution in [0.5, 0.6) is 0 Å². The molecular formula is C26H31N3O4. The largest absolute Gasteiger partial charge is 0.352 e. The molecule has 3 rings (SSSR count). The molecule has 0 unspecified atom stereocenters. The van der Waals surface area contributed by atoms with Crippen molar-refractivity contribution in [1.29, 1.82) is 0 Å². The Hall–Kier alpha value is -3.48. The lowest BCUT2D eigenvalue weighted by Gasteiger charge is -2.29. The molecule has 0 bridgehead atoms. The first-order valence-electron chi connectivity index (χ1n) is 11.3. The SMILES string of the molecule is Cc1ccc(CN(C(=O)CCCN2C(=O)c3ccccc3C2=O)[C@H](C)C(=O)NC(C)C)cc1.